The Kier molecular flexibility index (Phi) is 4.49. The van der Waals surface area contributed by atoms with E-state index < -0.39 is 0 Å². The summed E-state index contributed by atoms with van der Waals surface area (Å²) in [7, 11) is 1.67. The number of halogens is 1. The molecule has 1 saturated heterocycles. The molecule has 1 fully saturated rings. The highest BCUT2D eigenvalue weighted by atomic mass is 35.5. The molecule has 0 spiro atoms. The molecular weight excluding hydrogens is 250 g/mol. The van der Waals surface area contributed by atoms with Crippen molar-refractivity contribution in [2.75, 3.05) is 26.8 Å². The molecule has 0 bridgehead atoms. The summed E-state index contributed by atoms with van der Waals surface area (Å²) in [5, 5.41) is 13.8. The molecule has 4 heteroatoms. The third-order valence-corrected chi connectivity index (χ3v) is 4.04. The van der Waals surface area contributed by atoms with E-state index in [1.807, 2.05) is 18.2 Å². The average molecular weight is 270 g/mol. The van der Waals surface area contributed by atoms with Crippen LogP contribution in [-0.2, 0) is 6.42 Å². The van der Waals surface area contributed by atoms with Crippen molar-refractivity contribution in [1.29, 1.82) is 0 Å². The minimum Gasteiger partial charge on any atom is -0.496 e. The first-order chi connectivity index (χ1) is 8.69. The average Bonchev–Trinajstić information content (AvgIpc) is 2.40. The predicted molar refractivity (Wildman–Crippen MR) is 73.3 cm³/mol. The number of ether oxygens (including phenoxy) is 1. The summed E-state index contributed by atoms with van der Waals surface area (Å²) in [5.41, 5.74) is 1.05. The summed E-state index contributed by atoms with van der Waals surface area (Å²) in [5.74, 6) is 0.853. The topological polar surface area (TPSA) is 41.5 Å². The molecule has 0 aliphatic carbocycles. The largest absolute Gasteiger partial charge is 0.496 e. The Labute approximate surface area is 113 Å². The third kappa shape index (κ3) is 2.97. The summed E-state index contributed by atoms with van der Waals surface area (Å²) in [4.78, 5) is 0. The lowest BCUT2D eigenvalue weighted by molar-refractivity contribution is 0.0887. The van der Waals surface area contributed by atoms with Gasteiger partial charge in [-0.2, -0.15) is 0 Å². The van der Waals surface area contributed by atoms with Crippen LogP contribution in [0.2, 0.25) is 5.02 Å². The maximum Gasteiger partial charge on any atom is 0.122 e. The van der Waals surface area contributed by atoms with E-state index in [4.69, 9.17) is 16.3 Å². The van der Waals surface area contributed by atoms with Crippen molar-refractivity contribution in [3.63, 3.8) is 0 Å². The summed E-state index contributed by atoms with van der Waals surface area (Å²) in [6.07, 6.45) is 2.78. The first-order valence-electron chi connectivity index (χ1n) is 6.33. The number of nitrogens with one attached hydrogen (secondary N) is 1. The summed E-state index contributed by atoms with van der Waals surface area (Å²) in [6, 6.07) is 5.67. The number of benzene rings is 1. The predicted octanol–water partition coefficient (Wildman–Crippen LogP) is 2.25. The monoisotopic (exact) mass is 269 g/mol. The van der Waals surface area contributed by atoms with E-state index in [1.165, 1.54) is 0 Å². The van der Waals surface area contributed by atoms with Crippen LogP contribution < -0.4 is 10.1 Å². The van der Waals surface area contributed by atoms with E-state index in [1.54, 1.807) is 7.11 Å². The quantitative estimate of drug-likeness (QED) is 0.881. The molecule has 0 saturated carbocycles. The number of rotatable bonds is 4. The van der Waals surface area contributed by atoms with Crippen LogP contribution in [0.5, 0.6) is 5.75 Å². The Morgan fingerprint density at radius 2 is 2.11 bits per heavy atom. The van der Waals surface area contributed by atoms with E-state index in [9.17, 15) is 5.11 Å². The van der Waals surface area contributed by atoms with Crippen LogP contribution in [0.3, 0.4) is 0 Å². The SMILES string of the molecule is COc1ccc(Cl)cc1CC1(CO)CCNCC1. The van der Waals surface area contributed by atoms with Gasteiger partial charge in [0.2, 0.25) is 0 Å². The van der Waals surface area contributed by atoms with Gasteiger partial charge in [0.05, 0.1) is 7.11 Å². The Morgan fingerprint density at radius 3 is 2.72 bits per heavy atom. The van der Waals surface area contributed by atoms with Crippen LogP contribution in [0.15, 0.2) is 18.2 Å². The van der Waals surface area contributed by atoms with Crippen LogP contribution in [0, 0.1) is 5.41 Å². The number of piperidine rings is 1. The molecular formula is C14H20ClNO2. The van der Waals surface area contributed by atoms with E-state index in [-0.39, 0.29) is 12.0 Å². The van der Waals surface area contributed by atoms with Gasteiger partial charge < -0.3 is 15.2 Å². The van der Waals surface area contributed by atoms with Crippen LogP contribution in [0.4, 0.5) is 0 Å². The second-order valence-corrected chi connectivity index (χ2v) is 5.48. The minimum absolute atomic E-state index is 0.0385. The van der Waals surface area contributed by atoms with Gasteiger partial charge >= 0.3 is 0 Å². The summed E-state index contributed by atoms with van der Waals surface area (Å²) in [6.45, 7) is 2.14. The zero-order valence-electron chi connectivity index (χ0n) is 10.7. The zero-order valence-corrected chi connectivity index (χ0v) is 11.5. The fourth-order valence-corrected chi connectivity index (χ4v) is 2.83. The van der Waals surface area contributed by atoms with Gasteiger partial charge in [-0.25, -0.2) is 0 Å². The van der Waals surface area contributed by atoms with Crippen molar-refractivity contribution < 1.29 is 9.84 Å². The molecule has 1 aromatic rings. The molecule has 3 nitrogen and oxygen atoms in total. The maximum atomic E-state index is 9.73. The molecule has 18 heavy (non-hydrogen) atoms. The van der Waals surface area contributed by atoms with Crippen molar-refractivity contribution in [3.8, 4) is 5.75 Å². The van der Waals surface area contributed by atoms with Crippen molar-refractivity contribution >= 4 is 11.6 Å². The lowest BCUT2D eigenvalue weighted by atomic mass is 9.75. The van der Waals surface area contributed by atoms with Gasteiger partial charge in [-0.1, -0.05) is 11.6 Å². The van der Waals surface area contributed by atoms with Crippen molar-refractivity contribution in [2.45, 2.75) is 19.3 Å². The highest BCUT2D eigenvalue weighted by Crippen LogP contribution is 2.36. The lowest BCUT2D eigenvalue weighted by Gasteiger charge is -2.36. The number of hydrogen-bond acceptors (Lipinski definition) is 3. The zero-order chi connectivity index (χ0) is 13.0. The van der Waals surface area contributed by atoms with Gasteiger partial charge in [-0.3, -0.25) is 0 Å². The molecule has 100 valence electrons. The Bertz CT molecular complexity index is 403. The molecule has 1 aliphatic rings. The Morgan fingerprint density at radius 1 is 1.39 bits per heavy atom. The van der Waals surface area contributed by atoms with Crippen molar-refractivity contribution in [2.24, 2.45) is 5.41 Å². The summed E-state index contributed by atoms with van der Waals surface area (Å²) >= 11 is 6.05. The minimum atomic E-state index is -0.0385. The molecule has 1 heterocycles. The van der Waals surface area contributed by atoms with Gasteiger partial charge in [0.1, 0.15) is 5.75 Å². The van der Waals surface area contributed by atoms with Crippen molar-refractivity contribution in [3.05, 3.63) is 28.8 Å². The van der Waals surface area contributed by atoms with Gasteiger partial charge in [-0.05, 0) is 56.1 Å². The maximum absolute atomic E-state index is 9.73. The van der Waals surface area contributed by atoms with Crippen LogP contribution >= 0.6 is 11.6 Å². The molecule has 0 radical (unpaired) electrons. The molecule has 2 rings (SSSR count). The Balaban J connectivity index is 2.23. The van der Waals surface area contributed by atoms with E-state index in [0.29, 0.717) is 5.02 Å². The number of methoxy groups -OCH3 is 1. The van der Waals surface area contributed by atoms with E-state index in [2.05, 4.69) is 5.32 Å². The summed E-state index contributed by atoms with van der Waals surface area (Å²) < 4.78 is 5.38. The molecule has 1 aromatic carbocycles. The van der Waals surface area contributed by atoms with E-state index in [0.717, 1.165) is 43.7 Å². The molecule has 2 N–H and O–H groups in total. The fourth-order valence-electron chi connectivity index (χ4n) is 2.64. The van der Waals surface area contributed by atoms with E-state index >= 15 is 0 Å². The molecule has 0 amide bonds. The molecule has 0 unspecified atom stereocenters. The highest BCUT2D eigenvalue weighted by molar-refractivity contribution is 6.30. The normalized spacial score (nSPS) is 18.6. The van der Waals surface area contributed by atoms with Crippen LogP contribution in [0.1, 0.15) is 18.4 Å². The smallest absolute Gasteiger partial charge is 0.122 e. The lowest BCUT2D eigenvalue weighted by Crippen LogP contribution is -2.40. The van der Waals surface area contributed by atoms with Gasteiger partial charge in [0.15, 0.2) is 0 Å². The first kappa shape index (κ1) is 13.7. The first-order valence-corrected chi connectivity index (χ1v) is 6.71. The third-order valence-electron chi connectivity index (χ3n) is 3.81. The standard InChI is InChI=1S/C14H20ClNO2/c1-18-13-3-2-12(15)8-11(13)9-14(10-17)4-6-16-7-5-14/h2-3,8,16-17H,4-7,9-10H2,1H3. The Hall–Kier alpha value is -0.770. The van der Waals surface area contributed by atoms with Gasteiger partial charge in [-0.15, -0.1) is 0 Å². The molecule has 0 aromatic heterocycles. The van der Waals surface area contributed by atoms with Gasteiger partial charge in [0.25, 0.3) is 0 Å². The fraction of sp³-hybridized carbons (Fsp3) is 0.571. The van der Waals surface area contributed by atoms with Crippen LogP contribution in [0.25, 0.3) is 0 Å². The van der Waals surface area contributed by atoms with Crippen molar-refractivity contribution in [1.82, 2.24) is 5.32 Å². The van der Waals surface area contributed by atoms with Crippen LogP contribution in [-0.4, -0.2) is 31.9 Å². The molecule has 1 aliphatic heterocycles. The highest BCUT2D eigenvalue weighted by Gasteiger charge is 2.32. The number of aliphatic hydroxyl groups excluding tert-OH is 1. The molecule has 0 atom stereocenters. The van der Waals surface area contributed by atoms with Gasteiger partial charge in [0, 0.05) is 17.0 Å². The second-order valence-electron chi connectivity index (χ2n) is 5.04. The second kappa shape index (κ2) is 5.91. The number of hydrogen-bond donors (Lipinski definition) is 2. The number of aliphatic hydroxyl groups is 1.